The van der Waals surface area contributed by atoms with Crippen molar-refractivity contribution in [3.63, 3.8) is 0 Å². The summed E-state index contributed by atoms with van der Waals surface area (Å²) in [5.41, 5.74) is 5.03. The largest absolute Gasteiger partial charge is 0.323 e. The fourth-order valence-corrected chi connectivity index (χ4v) is 1.05. The van der Waals surface area contributed by atoms with E-state index in [1.807, 2.05) is 0 Å². The SMILES string of the molecule is N#CC[C@H](N)c1cc(F)cc(F)c1F. The molecule has 2 nitrogen and oxygen atoms in total. The van der Waals surface area contributed by atoms with Crippen LogP contribution in [0.4, 0.5) is 13.2 Å². The number of benzene rings is 1. The average Bonchev–Trinajstić information content (AvgIpc) is 2.11. The van der Waals surface area contributed by atoms with Crippen molar-refractivity contribution in [1.82, 2.24) is 0 Å². The molecule has 0 saturated heterocycles. The van der Waals surface area contributed by atoms with Crippen LogP contribution in [0.15, 0.2) is 12.1 Å². The molecule has 0 fully saturated rings. The van der Waals surface area contributed by atoms with Crippen molar-refractivity contribution in [3.05, 3.63) is 35.1 Å². The highest BCUT2D eigenvalue weighted by Gasteiger charge is 2.16. The van der Waals surface area contributed by atoms with Gasteiger partial charge in [0.25, 0.3) is 0 Å². The molecule has 0 aliphatic heterocycles. The summed E-state index contributed by atoms with van der Waals surface area (Å²) in [7, 11) is 0. The predicted molar refractivity (Wildman–Crippen MR) is 43.5 cm³/mol. The molecule has 14 heavy (non-hydrogen) atoms. The molecule has 0 aliphatic carbocycles. The van der Waals surface area contributed by atoms with E-state index in [9.17, 15) is 13.2 Å². The van der Waals surface area contributed by atoms with Crippen molar-refractivity contribution in [2.75, 3.05) is 0 Å². The van der Waals surface area contributed by atoms with Crippen LogP contribution in [0.3, 0.4) is 0 Å². The first kappa shape index (κ1) is 10.5. The van der Waals surface area contributed by atoms with Crippen LogP contribution in [0.2, 0.25) is 0 Å². The van der Waals surface area contributed by atoms with Gasteiger partial charge in [0, 0.05) is 17.7 Å². The van der Waals surface area contributed by atoms with E-state index >= 15 is 0 Å². The Balaban J connectivity index is 3.14. The van der Waals surface area contributed by atoms with E-state index in [0.29, 0.717) is 6.07 Å². The zero-order valence-corrected chi connectivity index (χ0v) is 7.10. The van der Waals surface area contributed by atoms with Gasteiger partial charge >= 0.3 is 0 Å². The summed E-state index contributed by atoms with van der Waals surface area (Å²) in [4.78, 5) is 0. The number of nitriles is 1. The normalized spacial score (nSPS) is 12.2. The van der Waals surface area contributed by atoms with Crippen LogP contribution in [0, 0.1) is 28.8 Å². The fraction of sp³-hybridized carbons (Fsp3) is 0.222. The van der Waals surface area contributed by atoms with E-state index in [0.717, 1.165) is 6.07 Å². The monoisotopic (exact) mass is 200 g/mol. The third-order valence-corrected chi connectivity index (χ3v) is 1.73. The predicted octanol–water partition coefficient (Wildman–Crippen LogP) is 2.02. The fourth-order valence-electron chi connectivity index (χ4n) is 1.05. The number of halogens is 3. The molecule has 0 saturated carbocycles. The highest BCUT2D eigenvalue weighted by Crippen LogP contribution is 2.21. The molecule has 1 rings (SSSR count). The maximum absolute atomic E-state index is 13.0. The number of nitrogens with two attached hydrogens (primary N) is 1. The van der Waals surface area contributed by atoms with Crippen molar-refractivity contribution in [1.29, 1.82) is 5.26 Å². The average molecular weight is 200 g/mol. The van der Waals surface area contributed by atoms with Crippen molar-refractivity contribution < 1.29 is 13.2 Å². The van der Waals surface area contributed by atoms with Crippen molar-refractivity contribution >= 4 is 0 Å². The molecule has 74 valence electrons. The Hall–Kier alpha value is -1.54. The van der Waals surface area contributed by atoms with Gasteiger partial charge < -0.3 is 5.73 Å². The second kappa shape index (κ2) is 4.11. The lowest BCUT2D eigenvalue weighted by Gasteiger charge is -2.09. The van der Waals surface area contributed by atoms with E-state index in [1.165, 1.54) is 0 Å². The molecule has 0 bridgehead atoms. The van der Waals surface area contributed by atoms with Gasteiger partial charge in [-0.25, -0.2) is 13.2 Å². The second-order valence-electron chi connectivity index (χ2n) is 2.76. The molecule has 0 heterocycles. The first-order valence-electron chi connectivity index (χ1n) is 3.83. The number of rotatable bonds is 2. The Labute approximate surface area is 78.8 Å². The molecular weight excluding hydrogens is 193 g/mol. The van der Waals surface area contributed by atoms with E-state index < -0.39 is 23.5 Å². The van der Waals surface area contributed by atoms with E-state index in [1.54, 1.807) is 6.07 Å². The van der Waals surface area contributed by atoms with Crippen LogP contribution in [0.5, 0.6) is 0 Å². The third-order valence-electron chi connectivity index (χ3n) is 1.73. The lowest BCUT2D eigenvalue weighted by Crippen LogP contribution is -2.12. The van der Waals surface area contributed by atoms with Crippen LogP contribution in [0.25, 0.3) is 0 Å². The highest BCUT2D eigenvalue weighted by atomic mass is 19.2. The Morgan fingerprint density at radius 2 is 2.00 bits per heavy atom. The molecule has 0 radical (unpaired) electrons. The van der Waals surface area contributed by atoms with Crippen LogP contribution in [0.1, 0.15) is 18.0 Å². The summed E-state index contributed by atoms with van der Waals surface area (Å²) in [5.74, 6) is -3.41. The molecule has 0 amide bonds. The zero-order chi connectivity index (χ0) is 10.7. The summed E-state index contributed by atoms with van der Waals surface area (Å²) in [6.07, 6.45) is -0.195. The number of hydrogen-bond donors (Lipinski definition) is 1. The molecule has 0 unspecified atom stereocenters. The quantitative estimate of drug-likeness (QED) is 0.742. The first-order valence-corrected chi connectivity index (χ1v) is 3.83. The Kier molecular flexibility index (Phi) is 3.10. The van der Waals surface area contributed by atoms with Gasteiger partial charge in [-0.3, -0.25) is 0 Å². The maximum Gasteiger partial charge on any atom is 0.163 e. The summed E-state index contributed by atoms with van der Waals surface area (Å²) in [5, 5.41) is 8.29. The van der Waals surface area contributed by atoms with Crippen molar-refractivity contribution in [3.8, 4) is 6.07 Å². The van der Waals surface area contributed by atoms with Gasteiger partial charge in [0.2, 0.25) is 0 Å². The lowest BCUT2D eigenvalue weighted by molar-refractivity contribution is 0.475. The van der Waals surface area contributed by atoms with Crippen molar-refractivity contribution in [2.45, 2.75) is 12.5 Å². The Morgan fingerprint density at radius 3 is 2.57 bits per heavy atom. The highest BCUT2D eigenvalue weighted by molar-refractivity contribution is 5.24. The Bertz CT molecular complexity index is 384. The molecule has 1 atom stereocenters. The zero-order valence-electron chi connectivity index (χ0n) is 7.10. The third kappa shape index (κ3) is 2.03. The second-order valence-corrected chi connectivity index (χ2v) is 2.76. The Morgan fingerprint density at radius 1 is 1.36 bits per heavy atom. The first-order chi connectivity index (χ1) is 6.56. The van der Waals surface area contributed by atoms with Gasteiger partial charge in [-0.2, -0.15) is 5.26 Å². The molecule has 1 aromatic rings. The number of nitrogens with zero attached hydrogens (tertiary/aromatic N) is 1. The van der Waals surface area contributed by atoms with Gasteiger partial charge in [-0.05, 0) is 6.07 Å². The standard InChI is InChI=1S/C9H7F3N2/c10-5-3-6(8(14)1-2-13)9(12)7(11)4-5/h3-4,8H,1,14H2/t8-/m0/s1. The minimum atomic E-state index is -1.30. The molecule has 1 aromatic carbocycles. The van der Waals surface area contributed by atoms with Crippen LogP contribution in [-0.2, 0) is 0 Å². The summed E-state index contributed by atoms with van der Waals surface area (Å²) in [6.45, 7) is 0. The summed E-state index contributed by atoms with van der Waals surface area (Å²) < 4.78 is 38.4. The van der Waals surface area contributed by atoms with Gasteiger partial charge in [-0.1, -0.05) is 0 Å². The summed E-state index contributed by atoms with van der Waals surface area (Å²) in [6, 6.07) is 1.91. The van der Waals surface area contributed by atoms with Crippen LogP contribution in [-0.4, -0.2) is 0 Å². The van der Waals surface area contributed by atoms with Gasteiger partial charge in [0.15, 0.2) is 11.6 Å². The molecular formula is C9H7F3N2. The van der Waals surface area contributed by atoms with Gasteiger partial charge in [0.1, 0.15) is 5.82 Å². The van der Waals surface area contributed by atoms with E-state index in [4.69, 9.17) is 11.0 Å². The van der Waals surface area contributed by atoms with Gasteiger partial charge in [-0.15, -0.1) is 0 Å². The van der Waals surface area contributed by atoms with Crippen LogP contribution >= 0.6 is 0 Å². The van der Waals surface area contributed by atoms with E-state index in [2.05, 4.69) is 0 Å². The molecule has 2 N–H and O–H groups in total. The summed E-state index contributed by atoms with van der Waals surface area (Å²) >= 11 is 0. The van der Waals surface area contributed by atoms with Crippen LogP contribution < -0.4 is 5.73 Å². The molecule has 0 aromatic heterocycles. The maximum atomic E-state index is 13.0. The minimum absolute atomic E-state index is 0.195. The van der Waals surface area contributed by atoms with Gasteiger partial charge in [0.05, 0.1) is 12.5 Å². The minimum Gasteiger partial charge on any atom is -0.323 e. The topological polar surface area (TPSA) is 49.8 Å². The number of hydrogen-bond acceptors (Lipinski definition) is 2. The molecule has 5 heteroatoms. The smallest absolute Gasteiger partial charge is 0.163 e. The molecule has 0 aliphatic rings. The lowest BCUT2D eigenvalue weighted by atomic mass is 10.0. The molecule has 0 spiro atoms. The van der Waals surface area contributed by atoms with E-state index in [-0.39, 0.29) is 12.0 Å². The van der Waals surface area contributed by atoms with Crippen molar-refractivity contribution in [2.24, 2.45) is 5.73 Å².